The minimum Gasteiger partial charge on any atom is -0.349 e. The van der Waals surface area contributed by atoms with Gasteiger partial charge in [-0.15, -0.1) is 0 Å². The molecule has 0 saturated heterocycles. The second-order valence-electron chi connectivity index (χ2n) is 9.59. The maximum absolute atomic E-state index is 14.4. The van der Waals surface area contributed by atoms with E-state index in [9.17, 15) is 22.4 Å². The molecule has 5 rings (SSSR count). The zero-order chi connectivity index (χ0) is 22.7. The van der Waals surface area contributed by atoms with Crippen LogP contribution in [0.2, 0.25) is 0 Å². The quantitative estimate of drug-likeness (QED) is 0.481. The first-order valence-corrected chi connectivity index (χ1v) is 10.9. The van der Waals surface area contributed by atoms with Crippen LogP contribution in [0.15, 0.2) is 48.7 Å². The summed E-state index contributed by atoms with van der Waals surface area (Å²) in [6.07, 6.45) is 1.67. The summed E-state index contributed by atoms with van der Waals surface area (Å²) < 4.78 is 54.6. The fraction of sp³-hybridized carbons (Fsp3) is 0.400. The summed E-state index contributed by atoms with van der Waals surface area (Å²) in [7, 11) is 0. The van der Waals surface area contributed by atoms with E-state index in [-0.39, 0.29) is 18.5 Å². The van der Waals surface area contributed by atoms with E-state index in [0.29, 0.717) is 27.4 Å². The lowest BCUT2D eigenvalue weighted by molar-refractivity contribution is -0.137. The van der Waals surface area contributed by atoms with E-state index in [1.807, 2.05) is 0 Å². The van der Waals surface area contributed by atoms with Crippen molar-refractivity contribution in [2.45, 2.75) is 51.4 Å². The molecule has 168 valence electrons. The van der Waals surface area contributed by atoms with Crippen LogP contribution in [0.3, 0.4) is 0 Å². The van der Waals surface area contributed by atoms with Gasteiger partial charge in [0.1, 0.15) is 5.82 Å². The summed E-state index contributed by atoms with van der Waals surface area (Å²) in [5, 5.41) is 3.41. The van der Waals surface area contributed by atoms with Gasteiger partial charge in [-0.1, -0.05) is 19.1 Å². The molecule has 0 bridgehead atoms. The highest BCUT2D eigenvalue weighted by Gasteiger charge is 2.51. The van der Waals surface area contributed by atoms with Crippen LogP contribution < -0.4 is 5.32 Å². The Morgan fingerprint density at radius 1 is 1.06 bits per heavy atom. The molecular weight excluding hydrogens is 420 g/mol. The van der Waals surface area contributed by atoms with Crippen LogP contribution in [0.4, 0.5) is 17.6 Å². The van der Waals surface area contributed by atoms with E-state index in [1.165, 1.54) is 37.1 Å². The Balaban J connectivity index is 1.38. The van der Waals surface area contributed by atoms with Gasteiger partial charge in [0.15, 0.2) is 0 Å². The number of nitrogens with zero attached hydrogens (tertiary/aromatic N) is 1. The van der Waals surface area contributed by atoms with Crippen molar-refractivity contribution in [3.05, 3.63) is 71.2 Å². The molecule has 1 amide bonds. The first kappa shape index (κ1) is 21.0. The minimum absolute atomic E-state index is 0.133. The molecule has 1 spiro atoms. The Morgan fingerprint density at radius 2 is 1.75 bits per heavy atom. The van der Waals surface area contributed by atoms with E-state index in [1.54, 1.807) is 16.8 Å². The number of halogens is 4. The Morgan fingerprint density at radius 3 is 2.38 bits per heavy atom. The Bertz CT molecular complexity index is 1170. The number of carbonyl (C=O) groups excluding carboxylic acids is 1. The van der Waals surface area contributed by atoms with Crippen molar-refractivity contribution in [3.63, 3.8) is 0 Å². The smallest absolute Gasteiger partial charge is 0.349 e. The molecule has 2 saturated carbocycles. The van der Waals surface area contributed by atoms with Gasteiger partial charge in [0.05, 0.1) is 16.6 Å². The van der Waals surface area contributed by atoms with E-state index < -0.39 is 17.6 Å². The zero-order valence-electron chi connectivity index (χ0n) is 17.7. The predicted octanol–water partition coefficient (Wildman–Crippen LogP) is 6.16. The van der Waals surface area contributed by atoms with Gasteiger partial charge in [-0.25, -0.2) is 4.39 Å². The summed E-state index contributed by atoms with van der Waals surface area (Å²) in [5.74, 6) is 0.0835. The molecule has 1 heterocycles. The molecule has 3 nitrogen and oxygen atoms in total. The van der Waals surface area contributed by atoms with Crippen LogP contribution >= 0.6 is 0 Å². The van der Waals surface area contributed by atoms with E-state index >= 15 is 0 Å². The van der Waals surface area contributed by atoms with Gasteiger partial charge in [-0.05, 0) is 72.9 Å². The monoisotopic (exact) mass is 444 g/mol. The first-order valence-electron chi connectivity index (χ1n) is 10.9. The molecule has 7 heteroatoms. The molecule has 2 aliphatic carbocycles. The molecule has 0 atom stereocenters. The second-order valence-corrected chi connectivity index (χ2v) is 9.59. The molecule has 32 heavy (non-hydrogen) atoms. The van der Waals surface area contributed by atoms with Gasteiger partial charge in [0.2, 0.25) is 0 Å². The second kappa shape index (κ2) is 7.36. The molecule has 0 aliphatic heterocycles. The molecule has 0 unspecified atom stereocenters. The fourth-order valence-corrected chi connectivity index (χ4v) is 5.70. The normalized spacial score (nSPS) is 24.9. The topological polar surface area (TPSA) is 34.0 Å². The summed E-state index contributed by atoms with van der Waals surface area (Å²) in [5.41, 5.74) is 1.14. The van der Waals surface area contributed by atoms with Crippen molar-refractivity contribution < 1.29 is 22.4 Å². The average Bonchev–Trinajstić information content (AvgIpc) is 3.10. The Hall–Kier alpha value is -2.83. The Kier molecular flexibility index (Phi) is 4.84. The number of hydrogen-bond donors (Lipinski definition) is 1. The predicted molar refractivity (Wildman–Crippen MR) is 114 cm³/mol. The number of carbonyl (C=O) groups is 1. The number of fused-ring (bicyclic) bond motifs is 1. The highest BCUT2D eigenvalue weighted by Crippen LogP contribution is 2.58. The number of nitrogens with one attached hydrogen (secondary N) is 1. The van der Waals surface area contributed by atoms with Gasteiger partial charge in [-0.2, -0.15) is 13.2 Å². The van der Waals surface area contributed by atoms with Crippen molar-refractivity contribution in [1.29, 1.82) is 0 Å². The molecule has 2 aliphatic rings. The molecule has 2 aromatic carbocycles. The zero-order valence-corrected chi connectivity index (χ0v) is 17.7. The van der Waals surface area contributed by atoms with Crippen molar-refractivity contribution in [2.75, 3.05) is 0 Å². The van der Waals surface area contributed by atoms with Gasteiger partial charge in [-0.3, -0.25) is 4.79 Å². The number of benzene rings is 2. The number of rotatable bonds is 4. The molecule has 2 fully saturated rings. The third-order valence-electron chi connectivity index (χ3n) is 7.01. The lowest BCUT2D eigenvalue weighted by atomic mass is 9.50. The molecule has 1 aromatic heterocycles. The third kappa shape index (κ3) is 3.67. The van der Waals surface area contributed by atoms with E-state index in [0.717, 1.165) is 30.9 Å². The summed E-state index contributed by atoms with van der Waals surface area (Å²) >= 11 is 0. The van der Waals surface area contributed by atoms with Crippen molar-refractivity contribution in [3.8, 4) is 0 Å². The lowest BCUT2D eigenvalue weighted by Gasteiger charge is -2.57. The molecule has 1 N–H and O–H groups in total. The van der Waals surface area contributed by atoms with Crippen molar-refractivity contribution in [1.82, 2.24) is 9.88 Å². The molecule has 0 radical (unpaired) electrons. The number of aromatic nitrogens is 1. The van der Waals surface area contributed by atoms with Gasteiger partial charge in [0, 0.05) is 24.2 Å². The highest BCUT2D eigenvalue weighted by molar-refractivity contribution is 6.06. The largest absolute Gasteiger partial charge is 0.416 e. The summed E-state index contributed by atoms with van der Waals surface area (Å²) in [6, 6.07) is 9.37. The summed E-state index contributed by atoms with van der Waals surface area (Å²) in [4.78, 5) is 13.0. The standard InChI is InChI=1S/C25H24F4N2O/c1-15-10-24(11-15)12-18(13-24)30-23(32)20-6-7-21(26)19-8-9-31(22(19)20)14-16-2-4-17(5-3-16)25(27,28)29/h2-9,15,18H,10-14H2,1H3,(H,30,32). The van der Waals surface area contributed by atoms with Crippen molar-refractivity contribution in [2.24, 2.45) is 11.3 Å². The van der Waals surface area contributed by atoms with E-state index in [2.05, 4.69) is 12.2 Å². The maximum Gasteiger partial charge on any atom is 0.416 e. The fourth-order valence-electron chi connectivity index (χ4n) is 5.70. The number of amides is 1. The summed E-state index contributed by atoms with van der Waals surface area (Å²) in [6.45, 7) is 2.48. The van der Waals surface area contributed by atoms with Gasteiger partial charge >= 0.3 is 6.18 Å². The van der Waals surface area contributed by atoms with Crippen LogP contribution in [-0.4, -0.2) is 16.5 Å². The average molecular weight is 444 g/mol. The third-order valence-corrected chi connectivity index (χ3v) is 7.01. The Labute approximate surface area is 183 Å². The highest BCUT2D eigenvalue weighted by atomic mass is 19.4. The number of alkyl halides is 3. The van der Waals surface area contributed by atoms with Gasteiger partial charge in [0.25, 0.3) is 5.91 Å². The maximum atomic E-state index is 14.4. The van der Waals surface area contributed by atoms with Crippen LogP contribution in [0.1, 0.15) is 54.1 Å². The van der Waals surface area contributed by atoms with Crippen LogP contribution in [-0.2, 0) is 12.7 Å². The first-order chi connectivity index (χ1) is 15.1. The van der Waals surface area contributed by atoms with E-state index in [4.69, 9.17) is 0 Å². The van der Waals surface area contributed by atoms with Crippen LogP contribution in [0, 0.1) is 17.2 Å². The lowest BCUT2D eigenvalue weighted by Crippen LogP contribution is -2.55. The number of hydrogen-bond acceptors (Lipinski definition) is 1. The molecule has 3 aromatic rings. The van der Waals surface area contributed by atoms with Crippen LogP contribution in [0.5, 0.6) is 0 Å². The molecular formula is C25H24F4N2O. The van der Waals surface area contributed by atoms with Crippen LogP contribution in [0.25, 0.3) is 10.9 Å². The minimum atomic E-state index is -4.40. The van der Waals surface area contributed by atoms with Crippen molar-refractivity contribution >= 4 is 16.8 Å². The van der Waals surface area contributed by atoms with Gasteiger partial charge < -0.3 is 9.88 Å². The SMILES string of the molecule is CC1CC2(C1)CC(NC(=O)c1ccc(F)c3ccn(Cc4ccc(C(F)(F)F)cc4)c13)C2.